The number of hydrogen-bond acceptors (Lipinski definition) is 6. The number of aromatic nitrogens is 2. The Hall–Kier alpha value is -2.41. The van der Waals surface area contributed by atoms with Gasteiger partial charge in [0.15, 0.2) is 0 Å². The molecule has 1 aliphatic heterocycles. The lowest BCUT2D eigenvalue weighted by Crippen LogP contribution is -2.40. The summed E-state index contributed by atoms with van der Waals surface area (Å²) in [5.74, 6) is 2.65. The number of hydrogen-bond donors (Lipinski definition) is 1. The number of piperidine rings is 1. The van der Waals surface area contributed by atoms with E-state index >= 15 is 0 Å². The maximum absolute atomic E-state index is 12.4. The molecule has 146 valence electrons. The highest BCUT2D eigenvalue weighted by molar-refractivity contribution is 5.76. The van der Waals surface area contributed by atoms with Gasteiger partial charge in [-0.2, -0.15) is 4.98 Å². The second-order valence-electron chi connectivity index (χ2n) is 6.87. The van der Waals surface area contributed by atoms with E-state index in [4.69, 9.17) is 9.26 Å². The number of nitrogens with zero attached hydrogens (tertiary/aromatic N) is 3. The minimum Gasteiger partial charge on any atom is -0.497 e. The highest BCUT2D eigenvalue weighted by atomic mass is 16.5. The summed E-state index contributed by atoms with van der Waals surface area (Å²) < 4.78 is 10.5. The second-order valence-corrected chi connectivity index (χ2v) is 6.87. The molecular formula is C20H28N4O3. The Morgan fingerprint density at radius 2 is 2.04 bits per heavy atom. The molecular weight excluding hydrogens is 344 g/mol. The van der Waals surface area contributed by atoms with E-state index in [0.717, 1.165) is 50.3 Å². The van der Waals surface area contributed by atoms with E-state index in [-0.39, 0.29) is 5.91 Å². The number of methoxy groups -OCH3 is 1. The Bertz CT molecular complexity index is 721. The van der Waals surface area contributed by atoms with E-state index in [0.29, 0.717) is 30.5 Å². The van der Waals surface area contributed by atoms with E-state index in [9.17, 15) is 4.79 Å². The maximum Gasteiger partial charge on any atom is 0.227 e. The molecule has 1 saturated heterocycles. The van der Waals surface area contributed by atoms with Crippen molar-refractivity contribution in [2.75, 3.05) is 33.3 Å². The lowest BCUT2D eigenvalue weighted by molar-refractivity contribution is -0.132. The molecule has 0 aliphatic carbocycles. The van der Waals surface area contributed by atoms with Gasteiger partial charge >= 0.3 is 0 Å². The lowest BCUT2D eigenvalue weighted by Gasteiger charge is -2.32. The topological polar surface area (TPSA) is 80.5 Å². The SMILES string of the molecule is CCNCC1CCN(C(=O)CCc2nc(-c3ccc(OC)cc3)no2)CC1. The van der Waals surface area contributed by atoms with Crippen LogP contribution in [0.3, 0.4) is 0 Å². The first-order valence-corrected chi connectivity index (χ1v) is 9.65. The van der Waals surface area contributed by atoms with Gasteiger partial charge in [-0.25, -0.2) is 0 Å². The number of nitrogens with one attached hydrogen (secondary N) is 1. The van der Waals surface area contributed by atoms with Gasteiger partial charge in [0.05, 0.1) is 7.11 Å². The molecule has 27 heavy (non-hydrogen) atoms. The lowest BCUT2D eigenvalue weighted by atomic mass is 9.96. The van der Waals surface area contributed by atoms with Gasteiger partial charge in [0.25, 0.3) is 0 Å². The van der Waals surface area contributed by atoms with Crippen LogP contribution in [-0.2, 0) is 11.2 Å². The van der Waals surface area contributed by atoms with E-state index in [1.807, 2.05) is 29.2 Å². The Balaban J connectivity index is 1.46. The van der Waals surface area contributed by atoms with Gasteiger partial charge in [-0.15, -0.1) is 0 Å². The molecule has 2 heterocycles. The smallest absolute Gasteiger partial charge is 0.227 e. The van der Waals surface area contributed by atoms with E-state index in [1.165, 1.54) is 0 Å². The number of carbonyl (C=O) groups excluding carboxylic acids is 1. The molecule has 7 nitrogen and oxygen atoms in total. The minimum atomic E-state index is 0.168. The summed E-state index contributed by atoms with van der Waals surface area (Å²) in [5, 5.41) is 7.40. The Morgan fingerprint density at radius 3 is 2.70 bits per heavy atom. The molecule has 1 amide bonds. The summed E-state index contributed by atoms with van der Waals surface area (Å²) in [6, 6.07) is 7.48. The summed E-state index contributed by atoms with van der Waals surface area (Å²) in [7, 11) is 1.63. The number of ether oxygens (including phenoxy) is 1. The normalized spacial score (nSPS) is 15.1. The van der Waals surface area contributed by atoms with Gasteiger partial charge in [0.1, 0.15) is 5.75 Å². The zero-order chi connectivity index (χ0) is 19.1. The number of likely N-dealkylation sites (tertiary alicyclic amines) is 1. The number of rotatable bonds is 8. The predicted octanol–water partition coefficient (Wildman–Crippen LogP) is 2.53. The number of aryl methyl sites for hydroxylation is 1. The van der Waals surface area contributed by atoms with Crippen molar-refractivity contribution in [2.24, 2.45) is 5.92 Å². The highest BCUT2D eigenvalue weighted by Crippen LogP contribution is 2.21. The van der Waals surface area contributed by atoms with Crippen molar-refractivity contribution < 1.29 is 14.1 Å². The number of amides is 1. The first kappa shape index (κ1) is 19.4. The van der Waals surface area contributed by atoms with Gasteiger partial charge in [0.2, 0.25) is 17.6 Å². The summed E-state index contributed by atoms with van der Waals surface area (Å²) >= 11 is 0. The molecule has 0 atom stereocenters. The summed E-state index contributed by atoms with van der Waals surface area (Å²) in [5.41, 5.74) is 0.861. The molecule has 1 aromatic carbocycles. The van der Waals surface area contributed by atoms with Gasteiger partial charge in [-0.1, -0.05) is 12.1 Å². The third kappa shape index (κ3) is 5.29. The van der Waals surface area contributed by atoms with Gasteiger partial charge in [-0.05, 0) is 56.1 Å². The molecule has 0 saturated carbocycles. The molecule has 2 aromatic rings. The van der Waals surface area contributed by atoms with Crippen LogP contribution in [0.25, 0.3) is 11.4 Å². The average molecular weight is 372 g/mol. The molecule has 0 unspecified atom stereocenters. The molecule has 7 heteroatoms. The van der Waals surface area contributed by atoms with Crippen LogP contribution >= 0.6 is 0 Å². The van der Waals surface area contributed by atoms with E-state index < -0.39 is 0 Å². The van der Waals surface area contributed by atoms with Gasteiger partial charge in [-0.3, -0.25) is 4.79 Å². The molecule has 0 bridgehead atoms. The molecule has 1 fully saturated rings. The van der Waals surface area contributed by atoms with Gasteiger partial charge < -0.3 is 19.5 Å². The molecule has 0 radical (unpaired) electrons. The van der Waals surface area contributed by atoms with Crippen LogP contribution in [0.4, 0.5) is 0 Å². The average Bonchev–Trinajstić information content (AvgIpc) is 3.20. The zero-order valence-electron chi connectivity index (χ0n) is 16.1. The highest BCUT2D eigenvalue weighted by Gasteiger charge is 2.22. The fourth-order valence-corrected chi connectivity index (χ4v) is 3.32. The van der Waals surface area contributed by atoms with Crippen molar-refractivity contribution >= 4 is 5.91 Å². The van der Waals surface area contributed by atoms with Crippen LogP contribution < -0.4 is 10.1 Å². The standard InChI is InChI=1S/C20H28N4O3/c1-3-21-14-15-10-12-24(13-11-15)19(25)9-8-18-22-20(23-27-18)16-4-6-17(26-2)7-5-16/h4-7,15,21H,3,8-14H2,1-2H3. The first-order chi connectivity index (χ1) is 13.2. The molecule has 3 rings (SSSR count). The largest absolute Gasteiger partial charge is 0.497 e. The van der Waals surface area contributed by atoms with Crippen molar-refractivity contribution in [1.29, 1.82) is 0 Å². The fourth-order valence-electron chi connectivity index (χ4n) is 3.32. The molecule has 1 aromatic heterocycles. The van der Waals surface area contributed by atoms with E-state index in [1.54, 1.807) is 7.11 Å². The molecule has 1 aliphatic rings. The zero-order valence-corrected chi connectivity index (χ0v) is 16.1. The van der Waals surface area contributed by atoms with Crippen LogP contribution in [0, 0.1) is 5.92 Å². The molecule has 1 N–H and O–H groups in total. The minimum absolute atomic E-state index is 0.168. The Kier molecular flexibility index (Phi) is 6.81. The van der Waals surface area contributed by atoms with Crippen LogP contribution in [0.1, 0.15) is 32.1 Å². The predicted molar refractivity (Wildman–Crippen MR) is 102 cm³/mol. The third-order valence-corrected chi connectivity index (χ3v) is 5.02. The number of benzene rings is 1. The van der Waals surface area contributed by atoms with Crippen molar-refractivity contribution in [3.05, 3.63) is 30.2 Å². The van der Waals surface area contributed by atoms with Crippen molar-refractivity contribution in [1.82, 2.24) is 20.4 Å². The quantitative estimate of drug-likeness (QED) is 0.767. The van der Waals surface area contributed by atoms with E-state index in [2.05, 4.69) is 22.4 Å². The summed E-state index contributed by atoms with van der Waals surface area (Å²) in [6.45, 7) is 5.86. The Morgan fingerprint density at radius 1 is 1.30 bits per heavy atom. The fraction of sp³-hybridized carbons (Fsp3) is 0.550. The monoisotopic (exact) mass is 372 g/mol. The summed E-state index contributed by atoms with van der Waals surface area (Å²) in [4.78, 5) is 18.8. The van der Waals surface area contributed by atoms with Crippen molar-refractivity contribution in [3.63, 3.8) is 0 Å². The second kappa shape index (κ2) is 9.50. The van der Waals surface area contributed by atoms with Crippen molar-refractivity contribution in [3.8, 4) is 17.1 Å². The third-order valence-electron chi connectivity index (χ3n) is 5.02. The van der Waals surface area contributed by atoms with Crippen LogP contribution in [0.15, 0.2) is 28.8 Å². The van der Waals surface area contributed by atoms with Crippen LogP contribution in [0.5, 0.6) is 5.75 Å². The van der Waals surface area contributed by atoms with Crippen LogP contribution in [0.2, 0.25) is 0 Å². The Labute approximate surface area is 160 Å². The van der Waals surface area contributed by atoms with Crippen LogP contribution in [-0.4, -0.2) is 54.2 Å². The first-order valence-electron chi connectivity index (χ1n) is 9.65. The summed E-state index contributed by atoms with van der Waals surface area (Å²) in [6.07, 6.45) is 3.02. The number of carbonyl (C=O) groups is 1. The van der Waals surface area contributed by atoms with Gasteiger partial charge in [0, 0.05) is 31.5 Å². The maximum atomic E-state index is 12.4. The molecule has 0 spiro atoms. The van der Waals surface area contributed by atoms with Crippen molar-refractivity contribution in [2.45, 2.75) is 32.6 Å².